The van der Waals surface area contributed by atoms with Gasteiger partial charge in [-0.25, -0.2) is 0 Å². The van der Waals surface area contributed by atoms with Gasteiger partial charge in [0, 0.05) is 5.56 Å². The van der Waals surface area contributed by atoms with Crippen LogP contribution in [0.25, 0.3) is 11.1 Å². The number of amidine groups is 1. The van der Waals surface area contributed by atoms with Crippen molar-refractivity contribution < 1.29 is 4.74 Å². The second-order valence-electron chi connectivity index (χ2n) is 4.08. The van der Waals surface area contributed by atoms with E-state index < -0.39 is 6.10 Å². The van der Waals surface area contributed by atoms with Crippen molar-refractivity contribution in [2.24, 2.45) is 5.73 Å². The molecule has 2 aromatic rings. The van der Waals surface area contributed by atoms with Gasteiger partial charge in [0.1, 0.15) is 11.6 Å². The SMILES string of the molecule is CC(Oc1ccccc1-c1ccccc1)C(=N)N. The molecular weight excluding hydrogens is 224 g/mol. The topological polar surface area (TPSA) is 59.1 Å². The zero-order chi connectivity index (χ0) is 13.0. The van der Waals surface area contributed by atoms with Gasteiger partial charge in [-0.15, -0.1) is 0 Å². The van der Waals surface area contributed by atoms with Gasteiger partial charge in [0.2, 0.25) is 0 Å². The molecule has 0 radical (unpaired) electrons. The van der Waals surface area contributed by atoms with Crippen molar-refractivity contribution in [3.05, 3.63) is 54.6 Å². The van der Waals surface area contributed by atoms with E-state index in [0.717, 1.165) is 16.9 Å². The van der Waals surface area contributed by atoms with Crippen LogP contribution < -0.4 is 10.5 Å². The molecule has 0 fully saturated rings. The molecule has 0 amide bonds. The van der Waals surface area contributed by atoms with E-state index in [1.807, 2.05) is 54.6 Å². The molecule has 0 saturated carbocycles. The third-order valence-electron chi connectivity index (χ3n) is 2.71. The van der Waals surface area contributed by atoms with Crippen molar-refractivity contribution in [1.29, 1.82) is 5.41 Å². The number of benzene rings is 2. The Kier molecular flexibility index (Phi) is 3.63. The quantitative estimate of drug-likeness (QED) is 0.637. The summed E-state index contributed by atoms with van der Waals surface area (Å²) in [5, 5.41) is 7.38. The van der Waals surface area contributed by atoms with Crippen LogP contribution in [0.15, 0.2) is 54.6 Å². The Balaban J connectivity index is 2.35. The van der Waals surface area contributed by atoms with Gasteiger partial charge >= 0.3 is 0 Å². The predicted molar refractivity (Wildman–Crippen MR) is 73.9 cm³/mol. The lowest BCUT2D eigenvalue weighted by Crippen LogP contribution is -2.30. The van der Waals surface area contributed by atoms with E-state index in [1.54, 1.807) is 6.92 Å². The average Bonchev–Trinajstić information content (AvgIpc) is 2.40. The van der Waals surface area contributed by atoms with Crippen LogP contribution >= 0.6 is 0 Å². The predicted octanol–water partition coefficient (Wildman–Crippen LogP) is 3.06. The minimum absolute atomic E-state index is 0.0258. The van der Waals surface area contributed by atoms with E-state index in [1.165, 1.54) is 0 Å². The summed E-state index contributed by atoms with van der Waals surface area (Å²) in [6.45, 7) is 1.77. The Bertz CT molecular complexity index is 537. The molecule has 0 bridgehead atoms. The number of nitrogens with two attached hydrogens (primary N) is 1. The summed E-state index contributed by atoms with van der Waals surface area (Å²) in [7, 11) is 0. The van der Waals surface area contributed by atoms with E-state index >= 15 is 0 Å². The summed E-state index contributed by atoms with van der Waals surface area (Å²) in [4.78, 5) is 0. The monoisotopic (exact) mass is 240 g/mol. The zero-order valence-corrected chi connectivity index (χ0v) is 10.3. The minimum Gasteiger partial charge on any atom is -0.482 e. The molecule has 1 unspecified atom stereocenters. The van der Waals surface area contributed by atoms with E-state index in [2.05, 4.69) is 0 Å². The van der Waals surface area contributed by atoms with E-state index in [-0.39, 0.29) is 5.84 Å². The second kappa shape index (κ2) is 5.36. The van der Waals surface area contributed by atoms with Crippen molar-refractivity contribution in [1.82, 2.24) is 0 Å². The molecule has 18 heavy (non-hydrogen) atoms. The first-order chi connectivity index (χ1) is 8.68. The minimum atomic E-state index is -0.421. The number of hydrogen-bond acceptors (Lipinski definition) is 2. The number of ether oxygens (including phenoxy) is 1. The Morgan fingerprint density at radius 2 is 1.67 bits per heavy atom. The van der Waals surface area contributed by atoms with Gasteiger partial charge < -0.3 is 10.5 Å². The average molecular weight is 240 g/mol. The lowest BCUT2D eigenvalue weighted by molar-refractivity contribution is 0.286. The van der Waals surface area contributed by atoms with Gasteiger partial charge in [0.25, 0.3) is 0 Å². The zero-order valence-electron chi connectivity index (χ0n) is 10.3. The fourth-order valence-corrected chi connectivity index (χ4v) is 1.68. The van der Waals surface area contributed by atoms with Crippen LogP contribution in [-0.4, -0.2) is 11.9 Å². The van der Waals surface area contributed by atoms with Crippen LogP contribution in [0.2, 0.25) is 0 Å². The van der Waals surface area contributed by atoms with Crippen LogP contribution in [0, 0.1) is 5.41 Å². The van der Waals surface area contributed by atoms with E-state index in [9.17, 15) is 0 Å². The molecule has 2 aromatic carbocycles. The Hall–Kier alpha value is -2.29. The standard InChI is InChI=1S/C15H16N2O/c1-11(15(16)17)18-14-10-6-5-9-13(14)12-7-3-2-4-8-12/h2-11H,1H3,(H3,16,17). The molecule has 3 N–H and O–H groups in total. The highest BCUT2D eigenvalue weighted by Crippen LogP contribution is 2.30. The smallest absolute Gasteiger partial charge is 0.152 e. The number of rotatable bonds is 4. The fraction of sp³-hybridized carbons (Fsp3) is 0.133. The molecule has 0 spiro atoms. The molecule has 3 nitrogen and oxygen atoms in total. The van der Waals surface area contributed by atoms with Gasteiger partial charge in [-0.05, 0) is 18.6 Å². The summed E-state index contributed by atoms with van der Waals surface area (Å²) in [6, 6.07) is 17.8. The second-order valence-corrected chi connectivity index (χ2v) is 4.08. The molecule has 0 saturated heterocycles. The van der Waals surface area contributed by atoms with E-state index in [0.29, 0.717) is 0 Å². The lowest BCUT2D eigenvalue weighted by Gasteiger charge is -2.16. The first-order valence-electron chi connectivity index (χ1n) is 5.83. The third-order valence-corrected chi connectivity index (χ3v) is 2.71. The summed E-state index contributed by atoms with van der Waals surface area (Å²) < 4.78 is 5.71. The maximum absolute atomic E-state index is 7.38. The molecule has 0 aliphatic heterocycles. The highest BCUT2D eigenvalue weighted by atomic mass is 16.5. The van der Waals surface area contributed by atoms with Gasteiger partial charge in [0.05, 0.1) is 0 Å². The third kappa shape index (κ3) is 2.69. The summed E-state index contributed by atoms with van der Waals surface area (Å²) in [6.07, 6.45) is -0.421. The normalized spacial score (nSPS) is 11.8. The summed E-state index contributed by atoms with van der Waals surface area (Å²) in [5.41, 5.74) is 7.52. The number of nitrogens with one attached hydrogen (secondary N) is 1. The molecule has 3 heteroatoms. The molecule has 0 aromatic heterocycles. The lowest BCUT2D eigenvalue weighted by atomic mass is 10.0. The molecule has 1 atom stereocenters. The van der Waals surface area contributed by atoms with Crippen molar-refractivity contribution in [3.63, 3.8) is 0 Å². The van der Waals surface area contributed by atoms with Gasteiger partial charge in [-0.3, -0.25) is 5.41 Å². The van der Waals surface area contributed by atoms with Crippen LogP contribution in [0.5, 0.6) is 5.75 Å². The van der Waals surface area contributed by atoms with Crippen LogP contribution in [0.1, 0.15) is 6.92 Å². The Morgan fingerprint density at radius 1 is 1.06 bits per heavy atom. The molecule has 0 heterocycles. The van der Waals surface area contributed by atoms with Crippen molar-refractivity contribution >= 4 is 5.84 Å². The molecule has 0 aliphatic carbocycles. The van der Waals surface area contributed by atoms with Crippen molar-refractivity contribution in [3.8, 4) is 16.9 Å². The first kappa shape index (κ1) is 12.2. The summed E-state index contributed by atoms with van der Waals surface area (Å²) in [5.74, 6) is 0.768. The summed E-state index contributed by atoms with van der Waals surface area (Å²) >= 11 is 0. The maximum Gasteiger partial charge on any atom is 0.152 e. The number of para-hydroxylation sites is 1. The molecule has 2 rings (SSSR count). The van der Waals surface area contributed by atoms with Crippen molar-refractivity contribution in [2.45, 2.75) is 13.0 Å². The van der Waals surface area contributed by atoms with Crippen LogP contribution in [0.3, 0.4) is 0 Å². The maximum atomic E-state index is 7.38. The molecule has 92 valence electrons. The van der Waals surface area contributed by atoms with Crippen LogP contribution in [-0.2, 0) is 0 Å². The Labute approximate surface area is 107 Å². The van der Waals surface area contributed by atoms with Crippen molar-refractivity contribution in [2.75, 3.05) is 0 Å². The Morgan fingerprint density at radius 3 is 2.33 bits per heavy atom. The van der Waals surface area contributed by atoms with Gasteiger partial charge in [-0.2, -0.15) is 0 Å². The fourth-order valence-electron chi connectivity index (χ4n) is 1.68. The molecule has 0 aliphatic rings. The highest BCUT2D eigenvalue weighted by molar-refractivity contribution is 5.82. The number of hydrogen-bond donors (Lipinski definition) is 2. The first-order valence-corrected chi connectivity index (χ1v) is 5.83. The van der Waals surface area contributed by atoms with E-state index in [4.69, 9.17) is 15.9 Å². The van der Waals surface area contributed by atoms with Crippen LogP contribution in [0.4, 0.5) is 0 Å². The molecular formula is C15H16N2O. The highest BCUT2D eigenvalue weighted by Gasteiger charge is 2.11. The van der Waals surface area contributed by atoms with Gasteiger partial charge in [-0.1, -0.05) is 48.5 Å². The van der Waals surface area contributed by atoms with Gasteiger partial charge in [0.15, 0.2) is 6.10 Å². The largest absolute Gasteiger partial charge is 0.482 e.